The molecule has 1 fully saturated rings. The zero-order valence-electron chi connectivity index (χ0n) is 14.8. The molecule has 1 aromatic carbocycles. The highest BCUT2D eigenvalue weighted by Crippen LogP contribution is 2.23. The van der Waals surface area contributed by atoms with E-state index in [0.29, 0.717) is 45.1 Å². The molecule has 7 heteroatoms. The van der Waals surface area contributed by atoms with Gasteiger partial charge < -0.3 is 14.7 Å². The predicted octanol–water partition coefficient (Wildman–Crippen LogP) is 0.639. The maximum absolute atomic E-state index is 12.6. The molecule has 0 unspecified atom stereocenters. The maximum Gasteiger partial charge on any atom is 0.237 e. The van der Waals surface area contributed by atoms with Gasteiger partial charge in [-0.3, -0.25) is 14.4 Å². The van der Waals surface area contributed by atoms with Crippen LogP contribution < -0.4 is 0 Å². The molecule has 1 saturated heterocycles. The normalized spacial score (nSPS) is 19.2. The summed E-state index contributed by atoms with van der Waals surface area (Å²) in [6.45, 7) is 5.30. The number of benzene rings is 1. The zero-order valence-corrected chi connectivity index (χ0v) is 14.8. The summed E-state index contributed by atoms with van der Waals surface area (Å²) in [4.78, 5) is 16.6. The summed E-state index contributed by atoms with van der Waals surface area (Å²) in [7, 11) is 0. The molecule has 2 aliphatic rings. The van der Waals surface area contributed by atoms with Crippen LogP contribution in [0.1, 0.15) is 23.1 Å². The van der Waals surface area contributed by atoms with Crippen LogP contribution in [0, 0.1) is 0 Å². The molecule has 0 radical (unpaired) electrons. The smallest absolute Gasteiger partial charge is 0.237 e. The number of fused-ring (bicyclic) bond motifs is 1. The number of ether oxygens (including phenoxy) is 1. The Morgan fingerprint density at radius 2 is 1.92 bits per heavy atom. The van der Waals surface area contributed by atoms with E-state index in [9.17, 15) is 9.90 Å². The summed E-state index contributed by atoms with van der Waals surface area (Å²) in [5, 5.41) is 15.1. The number of carbonyl (C=O) groups is 1. The Balaban J connectivity index is 1.42. The van der Waals surface area contributed by atoms with Crippen molar-refractivity contribution >= 4 is 5.91 Å². The highest BCUT2D eigenvalue weighted by atomic mass is 16.5. The molecule has 3 heterocycles. The molecule has 0 bridgehead atoms. The van der Waals surface area contributed by atoms with E-state index < -0.39 is 6.10 Å². The Morgan fingerprint density at radius 3 is 2.69 bits per heavy atom. The minimum Gasteiger partial charge on any atom is -0.382 e. The van der Waals surface area contributed by atoms with Gasteiger partial charge in [0.2, 0.25) is 5.91 Å². The monoisotopic (exact) mass is 356 g/mol. The molecule has 4 rings (SSSR count). The number of aromatic nitrogens is 2. The van der Waals surface area contributed by atoms with Crippen molar-refractivity contribution in [2.75, 3.05) is 39.4 Å². The second kappa shape index (κ2) is 7.57. The molecule has 138 valence electrons. The second-order valence-electron chi connectivity index (χ2n) is 6.80. The van der Waals surface area contributed by atoms with E-state index in [0.717, 1.165) is 24.3 Å². The van der Waals surface area contributed by atoms with Crippen molar-refractivity contribution in [3.63, 3.8) is 0 Å². The largest absolute Gasteiger partial charge is 0.382 e. The van der Waals surface area contributed by atoms with Gasteiger partial charge in [-0.05, 0) is 11.6 Å². The first-order valence-corrected chi connectivity index (χ1v) is 9.08. The summed E-state index contributed by atoms with van der Waals surface area (Å²) in [6.07, 6.45) is -0.744. The summed E-state index contributed by atoms with van der Waals surface area (Å²) in [6, 6.07) is 11.4. The van der Waals surface area contributed by atoms with Gasteiger partial charge in [0.1, 0.15) is 6.10 Å². The molecule has 2 aromatic rings. The predicted molar refractivity (Wildman–Crippen MR) is 95.4 cm³/mol. The molecule has 1 N–H and O–H groups in total. The Morgan fingerprint density at radius 1 is 1.15 bits per heavy atom. The Labute approximate surface area is 152 Å². The average molecular weight is 356 g/mol. The van der Waals surface area contributed by atoms with Crippen LogP contribution >= 0.6 is 0 Å². The molecule has 1 amide bonds. The van der Waals surface area contributed by atoms with Crippen LogP contribution in [0.2, 0.25) is 0 Å². The van der Waals surface area contributed by atoms with Gasteiger partial charge in [0.15, 0.2) is 0 Å². The van der Waals surface area contributed by atoms with Crippen LogP contribution in [0.3, 0.4) is 0 Å². The highest BCUT2D eigenvalue weighted by Gasteiger charge is 2.26. The molecule has 0 spiro atoms. The minimum atomic E-state index is -0.744. The number of aliphatic hydroxyl groups is 1. The molecule has 0 saturated carbocycles. The molecule has 2 aliphatic heterocycles. The van der Waals surface area contributed by atoms with Crippen LogP contribution in [-0.2, 0) is 22.6 Å². The van der Waals surface area contributed by atoms with E-state index in [1.165, 1.54) is 0 Å². The number of rotatable bonds is 4. The van der Waals surface area contributed by atoms with Gasteiger partial charge in [0.25, 0.3) is 0 Å². The Bertz CT molecular complexity index is 755. The van der Waals surface area contributed by atoms with Crippen LogP contribution in [-0.4, -0.2) is 70.0 Å². The minimum absolute atomic E-state index is 0.143. The van der Waals surface area contributed by atoms with E-state index in [1.807, 2.05) is 46.0 Å². The van der Waals surface area contributed by atoms with Gasteiger partial charge in [-0.1, -0.05) is 30.3 Å². The number of aliphatic hydroxyl groups excluding tert-OH is 1. The zero-order chi connectivity index (χ0) is 17.9. The number of carbonyl (C=O) groups excluding carboxylic acids is 1. The van der Waals surface area contributed by atoms with Gasteiger partial charge in [-0.25, -0.2) is 0 Å². The molecule has 1 atom stereocenters. The number of hydrogen-bond acceptors (Lipinski definition) is 5. The van der Waals surface area contributed by atoms with Crippen LogP contribution in [0.25, 0.3) is 0 Å². The third-order valence-corrected chi connectivity index (χ3v) is 5.03. The van der Waals surface area contributed by atoms with E-state index >= 15 is 0 Å². The standard InChI is InChI=1S/C19H24N4O3/c24-18(14-21-8-10-26-11-9-21)22-6-7-23-16(13-22)12-17(20-23)19(25)15-4-2-1-3-5-15/h1-5,12,19,25H,6-11,13-14H2/t19-/m1/s1. The molecule has 0 aliphatic carbocycles. The van der Waals surface area contributed by atoms with Crippen molar-refractivity contribution in [3.05, 3.63) is 53.3 Å². The van der Waals surface area contributed by atoms with Gasteiger partial charge in [0, 0.05) is 19.6 Å². The lowest BCUT2D eigenvalue weighted by atomic mass is 10.1. The lowest BCUT2D eigenvalue weighted by Crippen LogP contribution is -2.46. The Kier molecular flexibility index (Phi) is 5.01. The maximum atomic E-state index is 12.6. The van der Waals surface area contributed by atoms with Gasteiger partial charge >= 0.3 is 0 Å². The fourth-order valence-electron chi connectivity index (χ4n) is 3.49. The summed E-state index contributed by atoms with van der Waals surface area (Å²) in [5.41, 5.74) is 2.42. The van der Waals surface area contributed by atoms with Crippen molar-refractivity contribution in [1.82, 2.24) is 19.6 Å². The summed E-state index contributed by atoms with van der Waals surface area (Å²) in [5.74, 6) is 0.143. The van der Waals surface area contributed by atoms with Crippen molar-refractivity contribution < 1.29 is 14.6 Å². The van der Waals surface area contributed by atoms with Crippen molar-refractivity contribution in [2.24, 2.45) is 0 Å². The van der Waals surface area contributed by atoms with Crippen LogP contribution in [0.4, 0.5) is 0 Å². The van der Waals surface area contributed by atoms with Crippen molar-refractivity contribution in [3.8, 4) is 0 Å². The van der Waals surface area contributed by atoms with Gasteiger partial charge in [-0.15, -0.1) is 0 Å². The summed E-state index contributed by atoms with van der Waals surface area (Å²) >= 11 is 0. The number of hydrogen-bond donors (Lipinski definition) is 1. The number of amides is 1. The Hall–Kier alpha value is -2.22. The van der Waals surface area contributed by atoms with Crippen molar-refractivity contribution in [2.45, 2.75) is 19.2 Å². The summed E-state index contributed by atoms with van der Waals surface area (Å²) < 4.78 is 7.24. The fraction of sp³-hybridized carbons (Fsp3) is 0.474. The topological polar surface area (TPSA) is 70.8 Å². The SMILES string of the molecule is O=C(CN1CCOCC1)N1CCn2nc([C@H](O)c3ccccc3)cc2C1. The molecular weight excluding hydrogens is 332 g/mol. The second-order valence-corrected chi connectivity index (χ2v) is 6.80. The van der Waals surface area contributed by atoms with Crippen LogP contribution in [0.5, 0.6) is 0 Å². The third kappa shape index (κ3) is 3.65. The fourth-order valence-corrected chi connectivity index (χ4v) is 3.49. The number of nitrogens with zero attached hydrogens (tertiary/aromatic N) is 4. The molecule has 7 nitrogen and oxygen atoms in total. The lowest BCUT2D eigenvalue weighted by molar-refractivity contribution is -0.135. The first-order chi connectivity index (χ1) is 12.7. The first kappa shape index (κ1) is 17.2. The molecule has 1 aromatic heterocycles. The molecule has 26 heavy (non-hydrogen) atoms. The number of morpholine rings is 1. The lowest BCUT2D eigenvalue weighted by Gasteiger charge is -2.31. The van der Waals surface area contributed by atoms with Gasteiger partial charge in [-0.2, -0.15) is 5.10 Å². The highest BCUT2D eigenvalue weighted by molar-refractivity contribution is 5.78. The molecular formula is C19H24N4O3. The van der Waals surface area contributed by atoms with Gasteiger partial charge in [0.05, 0.1) is 44.2 Å². The van der Waals surface area contributed by atoms with Crippen LogP contribution in [0.15, 0.2) is 36.4 Å². The first-order valence-electron chi connectivity index (χ1n) is 9.08. The quantitative estimate of drug-likeness (QED) is 0.871. The average Bonchev–Trinajstić information content (AvgIpc) is 3.12. The van der Waals surface area contributed by atoms with Crippen molar-refractivity contribution in [1.29, 1.82) is 0 Å². The van der Waals surface area contributed by atoms with E-state index in [1.54, 1.807) is 0 Å². The van der Waals surface area contributed by atoms with E-state index in [4.69, 9.17) is 4.74 Å². The van der Waals surface area contributed by atoms with E-state index in [-0.39, 0.29) is 5.91 Å². The third-order valence-electron chi connectivity index (χ3n) is 5.03. The van der Waals surface area contributed by atoms with E-state index in [2.05, 4.69) is 10.00 Å².